The molecule has 0 aromatic heterocycles. The van der Waals surface area contributed by atoms with E-state index in [2.05, 4.69) is 10.7 Å². The first kappa shape index (κ1) is 18.7. The predicted octanol–water partition coefficient (Wildman–Crippen LogP) is -3.67. The largest absolute Gasteiger partial charge is 0.394 e. The van der Waals surface area contributed by atoms with Crippen molar-refractivity contribution in [1.29, 1.82) is 0 Å². The molecule has 0 bridgehead atoms. The molecule has 0 aromatic carbocycles. The number of unbranched alkanes of at least 4 members (excludes halogenated alkanes) is 1. The zero-order valence-electron chi connectivity index (χ0n) is 12.4. The Labute approximate surface area is 128 Å². The molecule has 10 nitrogen and oxygen atoms in total. The van der Waals surface area contributed by atoms with Crippen LogP contribution in [0.5, 0.6) is 0 Å². The molecule has 0 aliphatic carbocycles. The van der Waals surface area contributed by atoms with E-state index in [9.17, 15) is 15.0 Å². The molecule has 0 aromatic rings. The van der Waals surface area contributed by atoms with Crippen molar-refractivity contribution in [3.63, 3.8) is 0 Å². The third-order valence-electron chi connectivity index (χ3n) is 3.31. The number of carbonyl (C=O) groups excluding carboxylic acids is 1. The number of ether oxygens (including phenoxy) is 2. The minimum atomic E-state index is -1.32. The lowest BCUT2D eigenvalue weighted by Gasteiger charge is -2.42. The van der Waals surface area contributed by atoms with Crippen LogP contribution in [0.2, 0.25) is 0 Å². The number of hydrogen-bond donors (Lipinski definition) is 6. The number of nitrogens with one attached hydrogen (secondary N) is 3. The molecule has 1 fully saturated rings. The van der Waals surface area contributed by atoms with Gasteiger partial charge in [-0.25, -0.2) is 0 Å². The van der Waals surface area contributed by atoms with Gasteiger partial charge in [0.25, 0.3) is 0 Å². The van der Waals surface area contributed by atoms with Gasteiger partial charge in [-0.3, -0.25) is 10.2 Å². The summed E-state index contributed by atoms with van der Waals surface area (Å²) in [5.41, 5.74) is 10.8. The van der Waals surface area contributed by atoms with Crippen molar-refractivity contribution >= 4 is 5.91 Å². The van der Waals surface area contributed by atoms with Crippen LogP contribution in [0.15, 0.2) is 0 Å². The minimum absolute atomic E-state index is 0.287. The molecule has 0 radical (unpaired) electrons. The van der Waals surface area contributed by atoms with Gasteiger partial charge >= 0.3 is 0 Å². The Kier molecular flexibility index (Phi) is 8.20. The van der Waals surface area contributed by atoms with Crippen LogP contribution in [0, 0.1) is 0 Å². The van der Waals surface area contributed by atoms with E-state index in [1.165, 1.54) is 6.92 Å². The Hall–Kier alpha value is -1.33. The van der Waals surface area contributed by atoms with Crippen LogP contribution in [0.3, 0.4) is 0 Å². The highest BCUT2D eigenvalue weighted by molar-refractivity contribution is 5.73. The molecule has 128 valence electrons. The molecule has 1 aliphatic heterocycles. The second-order valence-electron chi connectivity index (χ2n) is 5.05. The Balaban J connectivity index is 2.53. The van der Waals surface area contributed by atoms with Gasteiger partial charge in [0.05, 0.1) is 6.61 Å². The van der Waals surface area contributed by atoms with Gasteiger partial charge < -0.3 is 30.1 Å². The molecule has 1 heterocycles. The average Bonchev–Trinajstić information content (AvgIpc) is 2.49. The fourth-order valence-corrected chi connectivity index (χ4v) is 2.18. The normalized spacial score (nSPS) is 31.5. The maximum absolute atomic E-state index is 11.2. The summed E-state index contributed by atoms with van der Waals surface area (Å²) in [4.78, 5) is 11.2. The Bertz CT molecular complexity index is 359. The van der Waals surface area contributed by atoms with Gasteiger partial charge in [0.2, 0.25) is 5.91 Å². The monoisotopic (exact) mass is 320 g/mol. The molecule has 1 saturated heterocycles. The molecule has 1 aliphatic rings. The maximum atomic E-state index is 11.2. The third kappa shape index (κ3) is 5.46. The molecule has 0 unspecified atom stereocenters. The summed E-state index contributed by atoms with van der Waals surface area (Å²) >= 11 is 0. The van der Waals surface area contributed by atoms with Crippen LogP contribution < -0.4 is 16.0 Å². The van der Waals surface area contributed by atoms with E-state index in [1.807, 2.05) is 5.22 Å². The average molecular weight is 320 g/mol. The Morgan fingerprint density at radius 1 is 1.36 bits per heavy atom. The molecule has 0 saturated carbocycles. The smallest absolute Gasteiger partial charge is 0.217 e. The highest BCUT2D eigenvalue weighted by Gasteiger charge is 2.45. The van der Waals surface area contributed by atoms with Crippen molar-refractivity contribution in [2.45, 2.75) is 50.4 Å². The van der Waals surface area contributed by atoms with Crippen molar-refractivity contribution in [2.75, 3.05) is 19.8 Å². The molecule has 1 amide bonds. The van der Waals surface area contributed by atoms with Crippen LogP contribution in [-0.2, 0) is 14.3 Å². The molecule has 10 heteroatoms. The first-order valence-electron chi connectivity index (χ1n) is 7.14. The van der Waals surface area contributed by atoms with Crippen LogP contribution in [0.1, 0.15) is 19.8 Å². The molecular weight excluding hydrogens is 296 g/mol. The number of hydrazine groups is 1. The van der Waals surface area contributed by atoms with E-state index in [1.54, 1.807) is 0 Å². The summed E-state index contributed by atoms with van der Waals surface area (Å²) in [6.45, 7) is 1.62. The quantitative estimate of drug-likeness (QED) is 0.145. The summed E-state index contributed by atoms with van der Waals surface area (Å²) in [5.74, 6) is -0.394. The first-order valence-corrected chi connectivity index (χ1v) is 7.14. The number of carbonyl (C=O) groups is 1. The van der Waals surface area contributed by atoms with E-state index in [0.717, 1.165) is 0 Å². The van der Waals surface area contributed by atoms with Crippen LogP contribution in [-0.4, -0.2) is 71.6 Å². The second-order valence-corrected chi connectivity index (χ2v) is 5.05. The number of aliphatic hydroxyl groups excluding tert-OH is 3. The lowest BCUT2D eigenvalue weighted by Crippen LogP contribution is -2.75. The summed E-state index contributed by atoms with van der Waals surface area (Å²) in [7, 11) is 0. The molecule has 22 heavy (non-hydrogen) atoms. The molecule has 1 rings (SSSR count). The molecule has 5 atom stereocenters. The second kappa shape index (κ2) is 9.64. The van der Waals surface area contributed by atoms with Crippen molar-refractivity contribution in [3.05, 3.63) is 5.53 Å². The fourth-order valence-electron chi connectivity index (χ4n) is 2.18. The van der Waals surface area contributed by atoms with Crippen LogP contribution in [0.25, 0.3) is 5.53 Å². The maximum Gasteiger partial charge on any atom is 0.217 e. The third-order valence-corrected chi connectivity index (χ3v) is 3.31. The first-order chi connectivity index (χ1) is 10.5. The topological polar surface area (TPSA) is 157 Å². The van der Waals surface area contributed by atoms with Crippen molar-refractivity contribution in [2.24, 2.45) is 0 Å². The van der Waals surface area contributed by atoms with Crippen LogP contribution in [0.4, 0.5) is 0 Å². The van der Waals surface area contributed by atoms with Crippen molar-refractivity contribution < 1.29 is 34.8 Å². The van der Waals surface area contributed by atoms with Gasteiger partial charge in [0, 0.05) is 13.5 Å². The molecule has 0 spiro atoms. The van der Waals surface area contributed by atoms with E-state index < -0.39 is 43.2 Å². The predicted molar refractivity (Wildman–Crippen MR) is 72.9 cm³/mol. The van der Waals surface area contributed by atoms with Gasteiger partial charge in [-0.2, -0.15) is 10.8 Å². The summed E-state index contributed by atoms with van der Waals surface area (Å²) in [5, 5.41) is 33.3. The number of hydrogen-bond acceptors (Lipinski definition) is 6. The number of rotatable bonds is 9. The van der Waals surface area contributed by atoms with Gasteiger partial charge in [-0.05, 0) is 19.4 Å². The standard InChI is InChI=1S/C12H24N4O6/c1-7(18)15-9-11(20)10(19)8(6-17)22-12(9)21-5-3-2-4-14-16-13/h8-12,16-17,19-20H,2-6H2,1H3,(H2-,13,14,15,18)/t8-,9-,10-,11-,12-/m1/s1. The number of amides is 1. The zero-order chi connectivity index (χ0) is 16.5. The van der Waals surface area contributed by atoms with Crippen LogP contribution >= 0.6 is 0 Å². The molecule has 6 N–H and O–H groups in total. The zero-order valence-corrected chi connectivity index (χ0v) is 12.4. The van der Waals surface area contributed by atoms with E-state index >= 15 is 0 Å². The number of aliphatic hydroxyl groups is 3. The van der Waals surface area contributed by atoms with Gasteiger partial charge in [-0.1, -0.05) is 0 Å². The Morgan fingerprint density at radius 2 is 2.09 bits per heavy atom. The highest BCUT2D eigenvalue weighted by atomic mass is 16.7. The van der Waals surface area contributed by atoms with Crippen molar-refractivity contribution in [1.82, 2.24) is 10.7 Å². The number of nitrogens with zero attached hydrogens (tertiary/aromatic N) is 1. The lowest BCUT2D eigenvalue weighted by molar-refractivity contribution is -0.548. The highest BCUT2D eigenvalue weighted by Crippen LogP contribution is 2.22. The van der Waals surface area contributed by atoms with E-state index in [-0.39, 0.29) is 6.61 Å². The van der Waals surface area contributed by atoms with Gasteiger partial charge in [0.15, 0.2) is 6.29 Å². The Morgan fingerprint density at radius 3 is 2.68 bits per heavy atom. The van der Waals surface area contributed by atoms with Crippen molar-refractivity contribution in [3.8, 4) is 0 Å². The fraction of sp³-hybridized carbons (Fsp3) is 0.917. The van der Waals surface area contributed by atoms with E-state index in [0.29, 0.717) is 19.4 Å². The van der Waals surface area contributed by atoms with Gasteiger partial charge in [0.1, 0.15) is 24.4 Å². The summed E-state index contributed by atoms with van der Waals surface area (Å²) in [6, 6.07) is -0.924. The SMILES string of the molecule is CC(=O)N[C@H]1[C@H](OCCCCN[NH+]=[N-])O[C@H](CO)[C@@H](O)[C@@H]1O. The van der Waals surface area contributed by atoms with E-state index in [4.69, 9.17) is 20.1 Å². The minimum Gasteiger partial charge on any atom is -0.394 e. The molecular formula is C12H24N4O6. The summed E-state index contributed by atoms with van der Waals surface area (Å²) < 4.78 is 10.9. The summed E-state index contributed by atoms with van der Waals surface area (Å²) in [6.07, 6.45) is -3.22. The lowest BCUT2D eigenvalue weighted by atomic mass is 9.97. The van der Waals surface area contributed by atoms with Gasteiger partial charge in [-0.15, -0.1) is 0 Å².